The van der Waals surface area contributed by atoms with E-state index in [1.165, 1.54) is 6.07 Å². The Morgan fingerprint density at radius 1 is 1.50 bits per heavy atom. The molecule has 4 heteroatoms. The standard InChI is InChI=1S/C12H15BrO3/c1-2-3-4-11(14)9-6-5-8(13)7-10(9)12(15)16/h5-7,11,14H,2-4H2,1H3,(H,15,16)/t11-/m1/s1. The van der Waals surface area contributed by atoms with Crippen LogP contribution < -0.4 is 0 Å². The number of hydrogen-bond acceptors (Lipinski definition) is 2. The number of halogens is 1. The Kier molecular flexibility index (Phi) is 4.96. The first-order chi connectivity index (χ1) is 7.56. The van der Waals surface area contributed by atoms with Crippen molar-refractivity contribution in [2.45, 2.75) is 32.3 Å². The van der Waals surface area contributed by atoms with Crippen LogP contribution in [0.2, 0.25) is 0 Å². The molecule has 0 aliphatic heterocycles. The van der Waals surface area contributed by atoms with Crippen molar-refractivity contribution in [2.75, 3.05) is 0 Å². The first-order valence-electron chi connectivity index (χ1n) is 5.27. The highest BCUT2D eigenvalue weighted by Gasteiger charge is 2.16. The lowest BCUT2D eigenvalue weighted by atomic mass is 9.99. The zero-order valence-electron chi connectivity index (χ0n) is 9.11. The highest BCUT2D eigenvalue weighted by Crippen LogP contribution is 2.25. The quantitative estimate of drug-likeness (QED) is 0.873. The maximum Gasteiger partial charge on any atom is 0.336 e. The number of carbonyl (C=O) groups is 1. The van der Waals surface area contributed by atoms with Gasteiger partial charge in [-0.15, -0.1) is 0 Å². The summed E-state index contributed by atoms with van der Waals surface area (Å²) in [5.74, 6) is -1.01. The van der Waals surface area contributed by atoms with Crippen LogP contribution in [0, 0.1) is 0 Å². The summed E-state index contributed by atoms with van der Waals surface area (Å²) in [6.45, 7) is 2.03. The van der Waals surface area contributed by atoms with Gasteiger partial charge in [0.1, 0.15) is 0 Å². The van der Waals surface area contributed by atoms with Gasteiger partial charge in [-0.1, -0.05) is 41.8 Å². The summed E-state index contributed by atoms with van der Waals surface area (Å²) in [7, 11) is 0. The zero-order chi connectivity index (χ0) is 12.1. The number of aliphatic hydroxyl groups is 1. The monoisotopic (exact) mass is 286 g/mol. The molecular weight excluding hydrogens is 272 g/mol. The van der Waals surface area contributed by atoms with E-state index < -0.39 is 12.1 Å². The number of rotatable bonds is 5. The summed E-state index contributed by atoms with van der Waals surface area (Å²) >= 11 is 3.22. The summed E-state index contributed by atoms with van der Waals surface area (Å²) < 4.78 is 0.705. The number of carboxylic acids is 1. The molecule has 0 heterocycles. The van der Waals surface area contributed by atoms with Gasteiger partial charge in [-0.25, -0.2) is 4.79 Å². The minimum absolute atomic E-state index is 0.165. The van der Waals surface area contributed by atoms with E-state index >= 15 is 0 Å². The maximum absolute atomic E-state index is 11.0. The Hall–Kier alpha value is -0.870. The zero-order valence-corrected chi connectivity index (χ0v) is 10.7. The van der Waals surface area contributed by atoms with Gasteiger partial charge in [0.25, 0.3) is 0 Å². The van der Waals surface area contributed by atoms with Gasteiger partial charge in [-0.2, -0.15) is 0 Å². The van der Waals surface area contributed by atoms with Crippen molar-refractivity contribution in [1.82, 2.24) is 0 Å². The predicted molar refractivity (Wildman–Crippen MR) is 65.6 cm³/mol. The van der Waals surface area contributed by atoms with Crippen LogP contribution in [-0.4, -0.2) is 16.2 Å². The normalized spacial score (nSPS) is 12.4. The molecule has 0 aliphatic rings. The fourth-order valence-corrected chi connectivity index (χ4v) is 1.92. The number of aliphatic hydroxyl groups excluding tert-OH is 1. The molecule has 0 bridgehead atoms. The lowest BCUT2D eigenvalue weighted by Gasteiger charge is -2.13. The molecule has 2 N–H and O–H groups in total. The molecule has 0 aromatic heterocycles. The molecule has 1 atom stereocenters. The van der Waals surface area contributed by atoms with Crippen LogP contribution in [-0.2, 0) is 0 Å². The van der Waals surface area contributed by atoms with Gasteiger partial charge in [0.2, 0.25) is 0 Å². The van der Waals surface area contributed by atoms with E-state index in [0.29, 0.717) is 16.5 Å². The highest BCUT2D eigenvalue weighted by atomic mass is 79.9. The van der Waals surface area contributed by atoms with Gasteiger partial charge in [-0.3, -0.25) is 0 Å². The van der Waals surface area contributed by atoms with Crippen LogP contribution in [0.4, 0.5) is 0 Å². The van der Waals surface area contributed by atoms with E-state index in [9.17, 15) is 9.90 Å². The number of unbranched alkanes of at least 4 members (excludes halogenated alkanes) is 1. The molecule has 0 amide bonds. The van der Waals surface area contributed by atoms with Crippen molar-refractivity contribution in [1.29, 1.82) is 0 Å². The van der Waals surface area contributed by atoms with Gasteiger partial charge in [0.15, 0.2) is 0 Å². The Morgan fingerprint density at radius 2 is 2.19 bits per heavy atom. The fourth-order valence-electron chi connectivity index (χ4n) is 1.56. The van der Waals surface area contributed by atoms with Gasteiger partial charge >= 0.3 is 5.97 Å². The van der Waals surface area contributed by atoms with Gasteiger partial charge < -0.3 is 10.2 Å². The average Bonchev–Trinajstić information content (AvgIpc) is 2.25. The van der Waals surface area contributed by atoms with Crippen molar-refractivity contribution in [3.63, 3.8) is 0 Å². The Bertz CT molecular complexity index is 377. The van der Waals surface area contributed by atoms with Crippen LogP contribution >= 0.6 is 15.9 Å². The molecule has 0 aliphatic carbocycles. The molecule has 0 radical (unpaired) electrons. The molecule has 0 saturated carbocycles. The molecule has 0 spiro atoms. The van der Waals surface area contributed by atoms with Crippen molar-refractivity contribution in [3.8, 4) is 0 Å². The second-order valence-corrected chi connectivity index (χ2v) is 4.61. The second-order valence-electron chi connectivity index (χ2n) is 3.69. The lowest BCUT2D eigenvalue weighted by molar-refractivity contribution is 0.0688. The molecule has 88 valence electrons. The van der Waals surface area contributed by atoms with E-state index in [0.717, 1.165) is 12.8 Å². The molecular formula is C12H15BrO3. The van der Waals surface area contributed by atoms with E-state index in [1.807, 2.05) is 6.92 Å². The molecule has 0 fully saturated rings. The van der Waals surface area contributed by atoms with E-state index in [4.69, 9.17) is 5.11 Å². The maximum atomic E-state index is 11.0. The Morgan fingerprint density at radius 3 is 2.75 bits per heavy atom. The molecule has 1 aromatic rings. The fraction of sp³-hybridized carbons (Fsp3) is 0.417. The number of carboxylic acid groups (broad SMARTS) is 1. The van der Waals surface area contributed by atoms with E-state index in [1.54, 1.807) is 12.1 Å². The van der Waals surface area contributed by atoms with E-state index in [-0.39, 0.29) is 5.56 Å². The molecule has 0 unspecified atom stereocenters. The lowest BCUT2D eigenvalue weighted by Crippen LogP contribution is -2.07. The first-order valence-corrected chi connectivity index (χ1v) is 6.06. The number of hydrogen-bond donors (Lipinski definition) is 2. The van der Waals surface area contributed by atoms with E-state index in [2.05, 4.69) is 15.9 Å². The van der Waals surface area contributed by atoms with Crippen molar-refractivity contribution in [2.24, 2.45) is 0 Å². The summed E-state index contributed by atoms with van der Waals surface area (Å²) in [6, 6.07) is 4.93. The predicted octanol–water partition coefficient (Wildman–Crippen LogP) is 3.37. The molecule has 16 heavy (non-hydrogen) atoms. The third-order valence-corrected chi connectivity index (χ3v) is 2.93. The van der Waals surface area contributed by atoms with Crippen LogP contribution in [0.5, 0.6) is 0 Å². The van der Waals surface area contributed by atoms with Crippen molar-refractivity contribution >= 4 is 21.9 Å². The van der Waals surface area contributed by atoms with Crippen LogP contribution in [0.25, 0.3) is 0 Å². The third kappa shape index (κ3) is 3.32. The molecule has 1 rings (SSSR count). The van der Waals surface area contributed by atoms with Gasteiger partial charge in [-0.05, 0) is 24.1 Å². The van der Waals surface area contributed by atoms with Crippen LogP contribution in [0.3, 0.4) is 0 Å². The smallest absolute Gasteiger partial charge is 0.336 e. The second kappa shape index (κ2) is 6.01. The Balaban J connectivity index is 2.98. The molecule has 1 aromatic carbocycles. The number of aromatic carboxylic acids is 1. The van der Waals surface area contributed by atoms with Crippen LogP contribution in [0.1, 0.15) is 48.2 Å². The molecule has 3 nitrogen and oxygen atoms in total. The minimum Gasteiger partial charge on any atom is -0.478 e. The van der Waals surface area contributed by atoms with Crippen molar-refractivity contribution < 1.29 is 15.0 Å². The SMILES string of the molecule is CCCC[C@@H](O)c1ccc(Br)cc1C(=O)O. The summed E-state index contributed by atoms with van der Waals surface area (Å²) in [4.78, 5) is 11.0. The molecule has 0 saturated heterocycles. The summed E-state index contributed by atoms with van der Waals surface area (Å²) in [6.07, 6.45) is 1.77. The number of benzene rings is 1. The van der Waals surface area contributed by atoms with Gasteiger partial charge in [0.05, 0.1) is 11.7 Å². The topological polar surface area (TPSA) is 57.5 Å². The van der Waals surface area contributed by atoms with Crippen LogP contribution in [0.15, 0.2) is 22.7 Å². The highest BCUT2D eigenvalue weighted by molar-refractivity contribution is 9.10. The van der Waals surface area contributed by atoms with Crippen molar-refractivity contribution in [3.05, 3.63) is 33.8 Å². The third-order valence-electron chi connectivity index (χ3n) is 2.44. The van der Waals surface area contributed by atoms with Gasteiger partial charge in [0, 0.05) is 4.47 Å². The Labute approximate surface area is 103 Å². The average molecular weight is 287 g/mol. The minimum atomic E-state index is -1.01. The summed E-state index contributed by atoms with van der Waals surface area (Å²) in [5, 5.41) is 18.9. The summed E-state index contributed by atoms with van der Waals surface area (Å²) in [5.41, 5.74) is 0.655. The largest absolute Gasteiger partial charge is 0.478 e. The first kappa shape index (κ1) is 13.2.